The highest BCUT2D eigenvalue weighted by Gasteiger charge is 2.36. The van der Waals surface area contributed by atoms with Crippen LogP contribution >= 0.6 is 0 Å². The molecular weight excluding hydrogens is 406 g/mol. The normalized spacial score (nSPS) is 12.0. The van der Waals surface area contributed by atoms with E-state index in [0.29, 0.717) is 11.5 Å². The van der Waals surface area contributed by atoms with E-state index in [1.165, 1.54) is 30.3 Å². The summed E-state index contributed by atoms with van der Waals surface area (Å²) in [7, 11) is -4.15. The van der Waals surface area contributed by atoms with Crippen LogP contribution in [0.1, 0.15) is 6.42 Å². The van der Waals surface area contributed by atoms with Crippen molar-refractivity contribution in [3.8, 4) is 23.8 Å². The van der Waals surface area contributed by atoms with Crippen molar-refractivity contribution in [2.24, 2.45) is 0 Å². The Balaban J connectivity index is 2.30. The van der Waals surface area contributed by atoms with Crippen LogP contribution in [0.4, 0.5) is 0 Å². The van der Waals surface area contributed by atoms with E-state index in [1.54, 1.807) is 12.1 Å². The van der Waals surface area contributed by atoms with Crippen LogP contribution in [0.2, 0.25) is 0 Å². The van der Waals surface area contributed by atoms with Crippen molar-refractivity contribution in [3.63, 3.8) is 0 Å². The van der Waals surface area contributed by atoms with Crippen molar-refractivity contribution in [3.05, 3.63) is 67.3 Å². The van der Waals surface area contributed by atoms with Crippen molar-refractivity contribution in [1.29, 1.82) is 0 Å². The first-order chi connectivity index (χ1) is 14.4. The number of ether oxygens (including phenoxy) is 2. The fraction of sp³-hybridized carbons (Fsp3) is 0.227. The van der Waals surface area contributed by atoms with E-state index >= 15 is 0 Å². The van der Waals surface area contributed by atoms with Gasteiger partial charge in [0.2, 0.25) is 10.0 Å². The number of benzene rings is 2. The number of hydrogen-bond donors (Lipinski definition) is 1. The highest BCUT2D eigenvalue weighted by molar-refractivity contribution is 7.89. The summed E-state index contributed by atoms with van der Waals surface area (Å²) in [5.41, 5.74) is 0. The van der Waals surface area contributed by atoms with Crippen molar-refractivity contribution in [1.82, 2.24) is 4.31 Å². The molecule has 0 aliphatic carbocycles. The van der Waals surface area contributed by atoms with Crippen LogP contribution in [0, 0.1) is 12.3 Å². The molecule has 0 aliphatic rings. The lowest BCUT2D eigenvalue weighted by Crippen LogP contribution is -2.46. The fourth-order valence-corrected chi connectivity index (χ4v) is 4.15. The van der Waals surface area contributed by atoms with Gasteiger partial charge in [-0.15, -0.1) is 6.42 Å². The summed E-state index contributed by atoms with van der Waals surface area (Å²) in [4.78, 5) is 12.3. The summed E-state index contributed by atoms with van der Waals surface area (Å²) < 4.78 is 37.8. The molecule has 1 unspecified atom stereocenters. The molecular formula is C22H23NO6S. The molecule has 1 atom stereocenters. The molecule has 0 saturated heterocycles. The van der Waals surface area contributed by atoms with E-state index in [4.69, 9.17) is 15.9 Å². The summed E-state index contributed by atoms with van der Waals surface area (Å²) in [5, 5.41) is 9.32. The summed E-state index contributed by atoms with van der Waals surface area (Å²) in [6, 6.07) is 13.5. The van der Waals surface area contributed by atoms with E-state index < -0.39 is 28.6 Å². The van der Waals surface area contributed by atoms with Gasteiger partial charge in [0.05, 0.1) is 11.4 Å². The number of esters is 1. The van der Waals surface area contributed by atoms with Gasteiger partial charge in [-0.3, -0.25) is 4.79 Å². The lowest BCUT2D eigenvalue weighted by molar-refractivity contribution is -0.147. The summed E-state index contributed by atoms with van der Waals surface area (Å²) in [5.74, 6) is 2.49. The lowest BCUT2D eigenvalue weighted by atomic mass is 10.2. The number of aliphatic hydroxyl groups is 1. The van der Waals surface area contributed by atoms with Crippen LogP contribution in [-0.2, 0) is 19.6 Å². The van der Waals surface area contributed by atoms with E-state index in [-0.39, 0.29) is 24.5 Å². The predicted molar refractivity (Wildman–Crippen MR) is 112 cm³/mol. The molecule has 0 aromatic heterocycles. The van der Waals surface area contributed by atoms with Gasteiger partial charge in [-0.1, -0.05) is 36.8 Å². The van der Waals surface area contributed by atoms with Crippen LogP contribution in [-0.4, -0.2) is 49.6 Å². The smallest absolute Gasteiger partial charge is 0.324 e. The molecule has 2 rings (SSSR count). The monoisotopic (exact) mass is 429 g/mol. The third-order valence-corrected chi connectivity index (χ3v) is 5.89. The molecule has 0 bridgehead atoms. The van der Waals surface area contributed by atoms with Crippen molar-refractivity contribution in [2.45, 2.75) is 17.4 Å². The number of aliphatic hydroxyl groups excluding tert-OH is 1. The maximum Gasteiger partial charge on any atom is 0.324 e. The zero-order chi connectivity index (χ0) is 22.0. The maximum atomic E-state index is 13.2. The van der Waals surface area contributed by atoms with Gasteiger partial charge in [0.15, 0.2) is 0 Å². The predicted octanol–water partition coefficient (Wildman–Crippen LogP) is 2.58. The Hall–Kier alpha value is -3.12. The Bertz CT molecular complexity index is 981. The molecule has 7 nitrogen and oxygen atoms in total. The molecule has 2 aromatic rings. The second-order valence-corrected chi connectivity index (χ2v) is 7.98. The minimum atomic E-state index is -4.15. The molecule has 30 heavy (non-hydrogen) atoms. The number of sulfonamides is 1. The van der Waals surface area contributed by atoms with Gasteiger partial charge < -0.3 is 14.6 Å². The molecule has 0 heterocycles. The summed E-state index contributed by atoms with van der Waals surface area (Å²) in [6.45, 7) is 2.58. The average Bonchev–Trinajstić information content (AvgIpc) is 2.75. The first-order valence-corrected chi connectivity index (χ1v) is 10.5. The number of carbonyl (C=O) groups excluding carboxylic acids is 1. The fourth-order valence-electron chi connectivity index (χ4n) is 2.63. The molecule has 1 N–H and O–H groups in total. The Morgan fingerprint density at radius 3 is 2.37 bits per heavy atom. The van der Waals surface area contributed by atoms with E-state index in [2.05, 4.69) is 12.5 Å². The highest BCUT2D eigenvalue weighted by Crippen LogP contribution is 2.25. The quantitative estimate of drug-likeness (QED) is 0.335. The summed E-state index contributed by atoms with van der Waals surface area (Å²) >= 11 is 0. The molecule has 0 fully saturated rings. The zero-order valence-electron chi connectivity index (χ0n) is 16.3. The van der Waals surface area contributed by atoms with Crippen LogP contribution < -0.4 is 4.74 Å². The average molecular weight is 429 g/mol. The van der Waals surface area contributed by atoms with Crippen LogP contribution in [0.25, 0.3) is 0 Å². The van der Waals surface area contributed by atoms with Crippen LogP contribution in [0.15, 0.2) is 72.1 Å². The number of carbonyl (C=O) groups is 1. The first-order valence-electron chi connectivity index (χ1n) is 9.10. The third-order valence-electron chi connectivity index (χ3n) is 4.02. The summed E-state index contributed by atoms with van der Waals surface area (Å²) in [6.07, 6.45) is 6.54. The highest BCUT2D eigenvalue weighted by atomic mass is 32.2. The number of rotatable bonds is 11. The molecule has 0 aliphatic heterocycles. The van der Waals surface area contributed by atoms with Crippen molar-refractivity contribution in [2.75, 3.05) is 19.8 Å². The molecule has 0 radical (unpaired) electrons. The van der Waals surface area contributed by atoms with Gasteiger partial charge in [-0.25, -0.2) is 8.42 Å². The van der Waals surface area contributed by atoms with Gasteiger partial charge in [0.1, 0.15) is 24.1 Å². The zero-order valence-corrected chi connectivity index (χ0v) is 17.1. The molecule has 158 valence electrons. The SMILES string of the molecule is C#CCN(C(CCO)C(=O)OCC=C)S(=O)(=O)c1ccc(Oc2ccccc2)cc1. The minimum Gasteiger partial charge on any atom is -0.460 e. The Morgan fingerprint density at radius 2 is 1.80 bits per heavy atom. The van der Waals surface area contributed by atoms with Crippen LogP contribution in [0.3, 0.4) is 0 Å². The molecule has 8 heteroatoms. The van der Waals surface area contributed by atoms with E-state index in [1.807, 2.05) is 18.2 Å². The number of nitrogens with zero attached hydrogens (tertiary/aromatic N) is 1. The van der Waals surface area contributed by atoms with Crippen LogP contribution in [0.5, 0.6) is 11.5 Å². The number of hydrogen-bond acceptors (Lipinski definition) is 6. The topological polar surface area (TPSA) is 93.1 Å². The second kappa shape index (κ2) is 11.2. The molecule has 0 amide bonds. The Labute approximate surface area is 176 Å². The van der Waals surface area contributed by atoms with E-state index in [0.717, 1.165) is 4.31 Å². The minimum absolute atomic E-state index is 0.0716. The molecule has 2 aromatic carbocycles. The Kier molecular flexibility index (Phi) is 8.62. The van der Waals surface area contributed by atoms with Gasteiger partial charge >= 0.3 is 5.97 Å². The first kappa shape index (κ1) is 23.2. The third kappa shape index (κ3) is 5.94. The van der Waals surface area contributed by atoms with Crippen molar-refractivity contribution < 1.29 is 27.8 Å². The lowest BCUT2D eigenvalue weighted by Gasteiger charge is -2.27. The Morgan fingerprint density at radius 1 is 1.17 bits per heavy atom. The van der Waals surface area contributed by atoms with Gasteiger partial charge in [-0.2, -0.15) is 4.31 Å². The van der Waals surface area contributed by atoms with E-state index in [9.17, 15) is 18.3 Å². The van der Waals surface area contributed by atoms with Gasteiger partial charge in [-0.05, 0) is 42.8 Å². The maximum absolute atomic E-state index is 13.2. The second-order valence-electron chi connectivity index (χ2n) is 6.09. The van der Waals surface area contributed by atoms with Crippen molar-refractivity contribution >= 4 is 16.0 Å². The molecule has 0 spiro atoms. The standard InChI is InChI=1S/C22H23NO6S/c1-3-15-23(21(14-16-24)22(25)28-17-4-2)30(26,27)20-12-10-19(11-13-20)29-18-8-6-5-7-9-18/h1,4-13,21,24H,2,14-17H2. The molecule has 0 saturated carbocycles. The largest absolute Gasteiger partial charge is 0.460 e. The van der Waals surface area contributed by atoms with Gasteiger partial charge in [0, 0.05) is 6.61 Å². The van der Waals surface area contributed by atoms with Gasteiger partial charge in [0.25, 0.3) is 0 Å². The number of para-hydroxylation sites is 1. The number of terminal acetylenes is 1.